The van der Waals surface area contributed by atoms with E-state index in [-0.39, 0.29) is 0 Å². The first-order chi connectivity index (χ1) is 5.89. The van der Waals surface area contributed by atoms with Gasteiger partial charge in [-0.05, 0) is 24.1 Å². The molecule has 0 spiro atoms. The van der Waals surface area contributed by atoms with E-state index in [9.17, 15) is 0 Å². The molecule has 0 saturated carbocycles. The second-order valence-corrected chi connectivity index (χ2v) is 5.58. The first-order valence-corrected chi connectivity index (χ1v) is 5.81. The largest absolute Gasteiger partial charge is 0.306 e. The van der Waals surface area contributed by atoms with Gasteiger partial charge in [0.15, 0.2) is 0 Å². The third kappa shape index (κ3) is 7.39. The molecule has 13 heavy (non-hydrogen) atoms. The molecule has 0 fully saturated rings. The standard InChI is InChI=1S/C11H25NS/c1-6-10(8-13)7-12(5)9-11(2,3)4/h10,13H,6-9H2,1-5H3. The molecule has 0 aromatic carbocycles. The highest BCUT2D eigenvalue weighted by atomic mass is 32.1. The molecule has 1 unspecified atom stereocenters. The topological polar surface area (TPSA) is 3.24 Å². The SMILES string of the molecule is CCC(CS)CN(C)CC(C)(C)C. The van der Waals surface area contributed by atoms with Crippen LogP contribution in [0.4, 0.5) is 0 Å². The van der Waals surface area contributed by atoms with Gasteiger partial charge in [0.1, 0.15) is 0 Å². The zero-order valence-corrected chi connectivity index (χ0v) is 10.7. The van der Waals surface area contributed by atoms with Crippen molar-refractivity contribution in [3.63, 3.8) is 0 Å². The third-order valence-corrected chi connectivity index (χ3v) is 2.67. The van der Waals surface area contributed by atoms with E-state index in [2.05, 4.69) is 52.3 Å². The molecule has 0 radical (unpaired) electrons. The lowest BCUT2D eigenvalue weighted by atomic mass is 9.95. The van der Waals surface area contributed by atoms with E-state index in [0.29, 0.717) is 5.41 Å². The summed E-state index contributed by atoms with van der Waals surface area (Å²) >= 11 is 4.36. The molecule has 0 saturated heterocycles. The molecule has 2 heteroatoms. The molecule has 0 aromatic heterocycles. The van der Waals surface area contributed by atoms with Gasteiger partial charge in [0.25, 0.3) is 0 Å². The van der Waals surface area contributed by atoms with Gasteiger partial charge in [-0.25, -0.2) is 0 Å². The van der Waals surface area contributed by atoms with E-state index in [1.165, 1.54) is 13.0 Å². The third-order valence-electron chi connectivity index (χ3n) is 2.15. The highest BCUT2D eigenvalue weighted by Crippen LogP contribution is 2.16. The molecular weight excluding hydrogens is 178 g/mol. The summed E-state index contributed by atoms with van der Waals surface area (Å²) in [7, 11) is 2.21. The summed E-state index contributed by atoms with van der Waals surface area (Å²) in [6.07, 6.45) is 1.23. The maximum Gasteiger partial charge on any atom is 0.00271 e. The van der Waals surface area contributed by atoms with Crippen molar-refractivity contribution in [1.82, 2.24) is 4.90 Å². The number of nitrogens with zero attached hydrogens (tertiary/aromatic N) is 1. The average molecular weight is 203 g/mol. The lowest BCUT2D eigenvalue weighted by Gasteiger charge is -2.28. The van der Waals surface area contributed by atoms with Gasteiger partial charge < -0.3 is 4.90 Å². The molecule has 80 valence electrons. The molecule has 0 aliphatic carbocycles. The summed E-state index contributed by atoms with van der Waals surface area (Å²) in [5, 5.41) is 0. The predicted molar refractivity (Wildman–Crippen MR) is 64.6 cm³/mol. The lowest BCUT2D eigenvalue weighted by molar-refractivity contribution is 0.204. The fraction of sp³-hybridized carbons (Fsp3) is 1.00. The molecule has 0 aliphatic rings. The highest BCUT2D eigenvalue weighted by Gasteiger charge is 2.15. The quantitative estimate of drug-likeness (QED) is 0.672. The summed E-state index contributed by atoms with van der Waals surface area (Å²) in [6, 6.07) is 0. The van der Waals surface area contributed by atoms with Gasteiger partial charge >= 0.3 is 0 Å². The van der Waals surface area contributed by atoms with Gasteiger partial charge in [0.05, 0.1) is 0 Å². The van der Waals surface area contributed by atoms with Crippen molar-refractivity contribution in [2.75, 3.05) is 25.9 Å². The van der Waals surface area contributed by atoms with E-state index in [4.69, 9.17) is 0 Å². The van der Waals surface area contributed by atoms with Crippen molar-refractivity contribution in [3.05, 3.63) is 0 Å². The van der Waals surface area contributed by atoms with Crippen molar-refractivity contribution in [3.8, 4) is 0 Å². The molecule has 0 N–H and O–H groups in total. The van der Waals surface area contributed by atoms with Crippen LogP contribution in [0.5, 0.6) is 0 Å². The second-order valence-electron chi connectivity index (χ2n) is 5.21. The molecule has 0 rings (SSSR count). The normalized spacial score (nSPS) is 15.0. The van der Waals surface area contributed by atoms with E-state index >= 15 is 0 Å². The van der Waals surface area contributed by atoms with Crippen molar-refractivity contribution in [2.24, 2.45) is 11.3 Å². The summed E-state index contributed by atoms with van der Waals surface area (Å²) in [4.78, 5) is 2.42. The Balaban J connectivity index is 3.79. The van der Waals surface area contributed by atoms with Crippen LogP contribution in [-0.2, 0) is 0 Å². The monoisotopic (exact) mass is 203 g/mol. The zero-order valence-electron chi connectivity index (χ0n) is 9.80. The molecule has 0 amide bonds. The summed E-state index contributed by atoms with van der Waals surface area (Å²) in [5.41, 5.74) is 0.406. The van der Waals surface area contributed by atoms with Crippen molar-refractivity contribution >= 4 is 12.6 Å². The van der Waals surface area contributed by atoms with Crippen molar-refractivity contribution < 1.29 is 0 Å². The van der Waals surface area contributed by atoms with Crippen LogP contribution in [0.25, 0.3) is 0 Å². The minimum absolute atomic E-state index is 0.406. The highest BCUT2D eigenvalue weighted by molar-refractivity contribution is 7.80. The van der Waals surface area contributed by atoms with Gasteiger partial charge in [-0.15, -0.1) is 0 Å². The van der Waals surface area contributed by atoms with Crippen LogP contribution in [0.1, 0.15) is 34.1 Å². The summed E-state index contributed by atoms with van der Waals surface area (Å²) in [6.45, 7) is 11.4. The van der Waals surface area contributed by atoms with Crippen LogP contribution in [0.15, 0.2) is 0 Å². The van der Waals surface area contributed by atoms with Gasteiger partial charge in [-0.3, -0.25) is 0 Å². The van der Waals surface area contributed by atoms with Gasteiger partial charge in [-0.1, -0.05) is 34.1 Å². The van der Waals surface area contributed by atoms with E-state index < -0.39 is 0 Å². The molecule has 1 nitrogen and oxygen atoms in total. The zero-order chi connectivity index (χ0) is 10.5. The Kier molecular flexibility index (Phi) is 6.06. The second kappa shape index (κ2) is 5.92. The Morgan fingerprint density at radius 2 is 1.85 bits per heavy atom. The Labute approximate surface area is 89.3 Å². The fourth-order valence-corrected chi connectivity index (χ4v) is 2.00. The van der Waals surface area contributed by atoms with Crippen LogP contribution in [0.3, 0.4) is 0 Å². The van der Waals surface area contributed by atoms with E-state index in [1.807, 2.05) is 0 Å². The molecule has 1 atom stereocenters. The molecular formula is C11H25NS. The van der Waals surface area contributed by atoms with E-state index in [1.54, 1.807) is 0 Å². The number of rotatable bonds is 5. The summed E-state index contributed by atoms with van der Waals surface area (Å²) < 4.78 is 0. The number of hydrogen-bond donors (Lipinski definition) is 1. The maximum atomic E-state index is 4.36. The van der Waals surface area contributed by atoms with Crippen LogP contribution in [-0.4, -0.2) is 30.8 Å². The Morgan fingerprint density at radius 3 is 2.15 bits per heavy atom. The minimum Gasteiger partial charge on any atom is -0.306 e. The fourth-order valence-electron chi connectivity index (χ4n) is 1.63. The van der Waals surface area contributed by atoms with Crippen molar-refractivity contribution in [2.45, 2.75) is 34.1 Å². The predicted octanol–water partition coefficient (Wildman–Crippen LogP) is 2.92. The van der Waals surface area contributed by atoms with Gasteiger partial charge in [-0.2, -0.15) is 12.6 Å². The number of hydrogen-bond acceptors (Lipinski definition) is 2. The Morgan fingerprint density at radius 1 is 1.31 bits per heavy atom. The van der Waals surface area contributed by atoms with Crippen LogP contribution >= 0.6 is 12.6 Å². The lowest BCUT2D eigenvalue weighted by Crippen LogP contribution is -2.33. The minimum atomic E-state index is 0.406. The Hall–Kier alpha value is 0.310. The van der Waals surface area contributed by atoms with Crippen LogP contribution in [0, 0.1) is 11.3 Å². The van der Waals surface area contributed by atoms with Crippen molar-refractivity contribution in [1.29, 1.82) is 0 Å². The molecule has 0 heterocycles. The maximum absolute atomic E-state index is 4.36. The first-order valence-electron chi connectivity index (χ1n) is 5.18. The number of thiol groups is 1. The molecule has 0 aliphatic heterocycles. The molecule has 0 aromatic rings. The molecule has 0 bridgehead atoms. The Bertz CT molecular complexity index is 125. The van der Waals surface area contributed by atoms with Crippen LogP contribution in [0.2, 0.25) is 0 Å². The van der Waals surface area contributed by atoms with Crippen LogP contribution < -0.4 is 0 Å². The first kappa shape index (κ1) is 13.3. The average Bonchev–Trinajstić information content (AvgIpc) is 1.96. The van der Waals surface area contributed by atoms with Gasteiger partial charge in [0.2, 0.25) is 0 Å². The smallest absolute Gasteiger partial charge is 0.00271 e. The van der Waals surface area contributed by atoms with E-state index in [0.717, 1.165) is 18.2 Å². The summed E-state index contributed by atoms with van der Waals surface area (Å²) in [5.74, 6) is 1.75. The van der Waals surface area contributed by atoms with Gasteiger partial charge in [0, 0.05) is 13.1 Å².